The largest absolute Gasteiger partial charge is 0.444 e. The third-order valence-corrected chi connectivity index (χ3v) is 3.42. The van der Waals surface area contributed by atoms with Crippen molar-refractivity contribution in [1.29, 1.82) is 0 Å². The smallest absolute Gasteiger partial charge is 0.407 e. The lowest BCUT2D eigenvalue weighted by atomic mass is 9.81. The SMILES string of the molecule is COCCC(NC(=O)OC(C)(C)C)C1CCCCC1=O. The Hall–Kier alpha value is -1.10. The number of alkyl carbamates (subject to hydrolysis) is 1. The third kappa shape index (κ3) is 5.90. The van der Waals surface area contributed by atoms with Gasteiger partial charge >= 0.3 is 6.09 Å². The van der Waals surface area contributed by atoms with E-state index in [1.54, 1.807) is 7.11 Å². The highest BCUT2D eigenvalue weighted by Gasteiger charge is 2.32. The van der Waals surface area contributed by atoms with Crippen LogP contribution < -0.4 is 5.32 Å². The Labute approximate surface area is 121 Å². The zero-order chi connectivity index (χ0) is 15.2. The number of amides is 1. The number of carbonyl (C=O) groups is 2. The van der Waals surface area contributed by atoms with E-state index in [1.807, 2.05) is 20.8 Å². The van der Waals surface area contributed by atoms with E-state index >= 15 is 0 Å². The lowest BCUT2D eigenvalue weighted by Gasteiger charge is -2.30. The van der Waals surface area contributed by atoms with Crippen molar-refractivity contribution < 1.29 is 19.1 Å². The van der Waals surface area contributed by atoms with Gasteiger partial charge in [-0.05, 0) is 40.0 Å². The highest BCUT2D eigenvalue weighted by molar-refractivity contribution is 5.83. The van der Waals surface area contributed by atoms with Crippen molar-refractivity contribution in [3.05, 3.63) is 0 Å². The molecule has 1 rings (SSSR count). The molecule has 2 unspecified atom stereocenters. The van der Waals surface area contributed by atoms with Gasteiger partial charge in [-0.1, -0.05) is 6.42 Å². The van der Waals surface area contributed by atoms with E-state index in [1.165, 1.54) is 0 Å². The summed E-state index contributed by atoms with van der Waals surface area (Å²) in [6.07, 6.45) is 3.62. The van der Waals surface area contributed by atoms with Crippen LogP contribution in [0.3, 0.4) is 0 Å². The van der Waals surface area contributed by atoms with Crippen molar-refractivity contribution in [3.8, 4) is 0 Å². The maximum atomic E-state index is 12.0. The number of ketones is 1. The molecule has 0 aromatic rings. The van der Waals surface area contributed by atoms with Crippen molar-refractivity contribution in [2.24, 2.45) is 5.92 Å². The second kappa shape index (κ2) is 7.62. The van der Waals surface area contributed by atoms with Gasteiger partial charge in [0.15, 0.2) is 0 Å². The van der Waals surface area contributed by atoms with Crippen molar-refractivity contribution in [3.63, 3.8) is 0 Å². The molecule has 1 fully saturated rings. The molecule has 1 amide bonds. The summed E-state index contributed by atoms with van der Waals surface area (Å²) in [5.74, 6) is 0.139. The van der Waals surface area contributed by atoms with Gasteiger partial charge in [-0.2, -0.15) is 0 Å². The first kappa shape index (κ1) is 17.0. The molecule has 5 nitrogen and oxygen atoms in total. The normalized spacial score (nSPS) is 21.4. The predicted molar refractivity (Wildman–Crippen MR) is 76.6 cm³/mol. The van der Waals surface area contributed by atoms with E-state index in [4.69, 9.17) is 9.47 Å². The summed E-state index contributed by atoms with van der Waals surface area (Å²) < 4.78 is 10.3. The summed E-state index contributed by atoms with van der Waals surface area (Å²) in [6.45, 7) is 5.98. The second-order valence-corrected chi connectivity index (χ2v) is 6.35. The van der Waals surface area contributed by atoms with Crippen LogP contribution in [-0.2, 0) is 14.3 Å². The second-order valence-electron chi connectivity index (χ2n) is 6.35. The summed E-state index contributed by atoms with van der Waals surface area (Å²) in [4.78, 5) is 23.9. The minimum atomic E-state index is -0.535. The molecular formula is C15H27NO4. The average molecular weight is 285 g/mol. The molecule has 0 spiro atoms. The van der Waals surface area contributed by atoms with Crippen molar-refractivity contribution >= 4 is 11.9 Å². The number of rotatable bonds is 5. The Kier molecular flexibility index (Phi) is 6.46. The first-order valence-corrected chi connectivity index (χ1v) is 7.34. The van der Waals surface area contributed by atoms with Crippen molar-refractivity contribution in [2.75, 3.05) is 13.7 Å². The Balaban J connectivity index is 2.63. The quantitative estimate of drug-likeness (QED) is 0.843. The molecule has 1 aliphatic rings. The lowest BCUT2D eigenvalue weighted by Crippen LogP contribution is -2.46. The highest BCUT2D eigenvalue weighted by Crippen LogP contribution is 2.25. The number of Topliss-reactive ketones (excluding diaryl/α,β-unsaturated/α-hetero) is 1. The van der Waals surface area contributed by atoms with E-state index in [-0.39, 0.29) is 17.7 Å². The molecule has 116 valence electrons. The fourth-order valence-electron chi connectivity index (χ4n) is 2.51. The van der Waals surface area contributed by atoms with Crippen molar-refractivity contribution in [2.45, 2.75) is 64.5 Å². The zero-order valence-corrected chi connectivity index (χ0v) is 13.0. The zero-order valence-electron chi connectivity index (χ0n) is 13.0. The number of hydrogen-bond acceptors (Lipinski definition) is 4. The van der Waals surface area contributed by atoms with Crippen LogP contribution >= 0.6 is 0 Å². The minimum Gasteiger partial charge on any atom is -0.444 e. The predicted octanol–water partition coefficient (Wildman–Crippen LogP) is 2.68. The van der Waals surface area contributed by atoms with Crippen molar-refractivity contribution in [1.82, 2.24) is 5.32 Å². The van der Waals surface area contributed by atoms with E-state index in [0.717, 1.165) is 19.3 Å². The number of nitrogens with one attached hydrogen (secondary N) is 1. The number of carbonyl (C=O) groups excluding carboxylic acids is 2. The molecule has 0 saturated heterocycles. The average Bonchev–Trinajstić information content (AvgIpc) is 2.33. The molecule has 0 aromatic heterocycles. The maximum Gasteiger partial charge on any atom is 0.407 e. The molecule has 2 atom stereocenters. The van der Waals surface area contributed by atoms with Crippen LogP contribution in [0.5, 0.6) is 0 Å². The lowest BCUT2D eigenvalue weighted by molar-refractivity contribution is -0.125. The maximum absolute atomic E-state index is 12.0. The molecular weight excluding hydrogens is 258 g/mol. The summed E-state index contributed by atoms with van der Waals surface area (Å²) in [6, 6.07) is -0.197. The molecule has 0 aliphatic heterocycles. The third-order valence-electron chi connectivity index (χ3n) is 3.42. The van der Waals surface area contributed by atoms with Crippen LogP contribution in [-0.4, -0.2) is 37.2 Å². The van der Waals surface area contributed by atoms with Crippen LogP contribution in [0.25, 0.3) is 0 Å². The topological polar surface area (TPSA) is 64.6 Å². The van der Waals surface area contributed by atoms with Crippen LogP contribution in [0.15, 0.2) is 0 Å². The van der Waals surface area contributed by atoms with Crippen LogP contribution in [0, 0.1) is 5.92 Å². The van der Waals surface area contributed by atoms with Crippen LogP contribution in [0.4, 0.5) is 4.79 Å². The Bertz CT molecular complexity index is 335. The van der Waals surface area contributed by atoms with Gasteiger partial charge in [-0.3, -0.25) is 4.79 Å². The van der Waals surface area contributed by atoms with E-state index in [9.17, 15) is 9.59 Å². The molecule has 1 aliphatic carbocycles. The molecule has 1 N–H and O–H groups in total. The summed E-state index contributed by atoms with van der Waals surface area (Å²) in [5, 5.41) is 2.85. The summed E-state index contributed by atoms with van der Waals surface area (Å²) in [5.41, 5.74) is -0.535. The summed E-state index contributed by atoms with van der Waals surface area (Å²) >= 11 is 0. The van der Waals surface area contributed by atoms with E-state index in [0.29, 0.717) is 19.4 Å². The molecule has 20 heavy (non-hydrogen) atoms. The molecule has 0 radical (unpaired) electrons. The highest BCUT2D eigenvalue weighted by atomic mass is 16.6. The Morgan fingerprint density at radius 3 is 2.65 bits per heavy atom. The van der Waals surface area contributed by atoms with Gasteiger partial charge in [-0.25, -0.2) is 4.79 Å². The molecule has 0 bridgehead atoms. The van der Waals surface area contributed by atoms with Crippen LogP contribution in [0.2, 0.25) is 0 Å². The fourth-order valence-corrected chi connectivity index (χ4v) is 2.51. The standard InChI is InChI=1S/C15H27NO4/c1-15(2,3)20-14(18)16-12(9-10-19-4)11-7-5-6-8-13(11)17/h11-12H,5-10H2,1-4H3,(H,16,18). The monoisotopic (exact) mass is 285 g/mol. The van der Waals surface area contributed by atoms with Gasteiger partial charge in [0.2, 0.25) is 0 Å². The van der Waals surface area contributed by atoms with Gasteiger partial charge in [0.1, 0.15) is 11.4 Å². The molecule has 0 aromatic carbocycles. The van der Waals surface area contributed by atoms with E-state index in [2.05, 4.69) is 5.32 Å². The first-order valence-electron chi connectivity index (χ1n) is 7.34. The molecule has 1 saturated carbocycles. The number of ether oxygens (including phenoxy) is 2. The Morgan fingerprint density at radius 2 is 2.10 bits per heavy atom. The number of hydrogen-bond donors (Lipinski definition) is 1. The minimum absolute atomic E-state index is 0.105. The number of methoxy groups -OCH3 is 1. The van der Waals surface area contributed by atoms with Gasteiger partial charge in [0.05, 0.1) is 0 Å². The van der Waals surface area contributed by atoms with Gasteiger partial charge in [0, 0.05) is 32.1 Å². The summed E-state index contributed by atoms with van der Waals surface area (Å²) in [7, 11) is 1.62. The van der Waals surface area contributed by atoms with Gasteiger partial charge in [0.25, 0.3) is 0 Å². The van der Waals surface area contributed by atoms with Gasteiger partial charge in [-0.15, -0.1) is 0 Å². The molecule has 0 heterocycles. The molecule has 5 heteroatoms. The van der Waals surface area contributed by atoms with E-state index < -0.39 is 11.7 Å². The first-order chi connectivity index (χ1) is 9.33. The Morgan fingerprint density at radius 1 is 1.40 bits per heavy atom. The van der Waals surface area contributed by atoms with Gasteiger partial charge < -0.3 is 14.8 Å². The van der Waals surface area contributed by atoms with Crippen LogP contribution in [0.1, 0.15) is 52.9 Å². The fraction of sp³-hybridized carbons (Fsp3) is 0.867.